The van der Waals surface area contributed by atoms with E-state index in [-0.39, 0.29) is 18.5 Å². The number of hydrogen-bond acceptors (Lipinski definition) is 3. The van der Waals surface area contributed by atoms with Crippen LogP contribution in [0, 0.1) is 13.8 Å². The average Bonchev–Trinajstić information content (AvgIpc) is 3.09. The van der Waals surface area contributed by atoms with E-state index in [1.54, 1.807) is 10.9 Å². The van der Waals surface area contributed by atoms with Crippen molar-refractivity contribution in [3.63, 3.8) is 0 Å². The summed E-state index contributed by atoms with van der Waals surface area (Å²) in [6.45, 7) is 10.5. The molecule has 2 aromatic heterocycles. The lowest BCUT2D eigenvalue weighted by molar-refractivity contribution is -0.122. The first-order valence-electron chi connectivity index (χ1n) is 11.1. The van der Waals surface area contributed by atoms with Gasteiger partial charge in [0.1, 0.15) is 6.54 Å². The van der Waals surface area contributed by atoms with E-state index in [2.05, 4.69) is 84.7 Å². The third-order valence-electron chi connectivity index (χ3n) is 5.94. The van der Waals surface area contributed by atoms with E-state index < -0.39 is 0 Å². The van der Waals surface area contributed by atoms with Crippen LogP contribution in [0.4, 0.5) is 0 Å². The highest BCUT2D eigenvalue weighted by molar-refractivity contribution is 5.95. The molecule has 4 aromatic rings. The van der Waals surface area contributed by atoms with Crippen molar-refractivity contribution in [1.82, 2.24) is 20.1 Å². The highest BCUT2D eigenvalue weighted by atomic mass is 16.2. The largest absolute Gasteiger partial charge is 0.348 e. The van der Waals surface area contributed by atoms with Gasteiger partial charge in [0.15, 0.2) is 5.65 Å². The molecule has 1 unspecified atom stereocenters. The number of hydrogen-bond donors (Lipinski definition) is 1. The van der Waals surface area contributed by atoms with Gasteiger partial charge in [-0.05, 0) is 55.0 Å². The van der Waals surface area contributed by atoms with Crippen molar-refractivity contribution in [3.8, 4) is 11.1 Å². The predicted molar refractivity (Wildman–Crippen MR) is 130 cm³/mol. The van der Waals surface area contributed by atoms with E-state index in [9.17, 15) is 4.79 Å². The Kier molecular flexibility index (Phi) is 6.08. The van der Waals surface area contributed by atoms with Gasteiger partial charge in [0, 0.05) is 11.6 Å². The molecule has 1 amide bonds. The summed E-state index contributed by atoms with van der Waals surface area (Å²) >= 11 is 0. The number of carbonyl (C=O) groups excluding carboxylic acids is 1. The number of carbonyl (C=O) groups is 1. The second-order valence-corrected chi connectivity index (χ2v) is 8.78. The van der Waals surface area contributed by atoms with Gasteiger partial charge in [-0.2, -0.15) is 5.10 Å². The summed E-state index contributed by atoms with van der Waals surface area (Å²) < 4.78 is 1.70. The molecule has 0 saturated heterocycles. The summed E-state index contributed by atoms with van der Waals surface area (Å²) in [6.07, 6.45) is 1.78. The smallest absolute Gasteiger partial charge is 0.242 e. The van der Waals surface area contributed by atoms with Gasteiger partial charge in [0.25, 0.3) is 0 Å². The molecule has 0 aliphatic heterocycles. The van der Waals surface area contributed by atoms with Gasteiger partial charge in [-0.25, -0.2) is 9.67 Å². The molecule has 0 aliphatic rings. The fraction of sp³-hybridized carbons (Fsp3) is 0.296. The van der Waals surface area contributed by atoms with Crippen LogP contribution in [0.3, 0.4) is 0 Å². The minimum Gasteiger partial charge on any atom is -0.348 e. The van der Waals surface area contributed by atoms with E-state index in [1.165, 1.54) is 11.1 Å². The van der Waals surface area contributed by atoms with Crippen molar-refractivity contribution >= 4 is 16.9 Å². The van der Waals surface area contributed by atoms with Crippen molar-refractivity contribution < 1.29 is 4.79 Å². The first kappa shape index (κ1) is 21.8. The summed E-state index contributed by atoms with van der Waals surface area (Å²) in [4.78, 5) is 17.4. The van der Waals surface area contributed by atoms with Crippen molar-refractivity contribution in [2.75, 3.05) is 0 Å². The zero-order valence-electron chi connectivity index (χ0n) is 19.4. The number of amides is 1. The molecule has 2 aromatic carbocycles. The second-order valence-electron chi connectivity index (χ2n) is 8.78. The maximum Gasteiger partial charge on any atom is 0.242 e. The van der Waals surface area contributed by atoms with Gasteiger partial charge in [-0.1, -0.05) is 67.9 Å². The monoisotopic (exact) mass is 426 g/mol. The SMILES string of the molecule is Cc1ccc(-c2ccnc3c2c(C)nn3CC(=O)NC(C)c2ccc(C(C)C)cc2)cc1. The zero-order valence-corrected chi connectivity index (χ0v) is 19.4. The molecule has 0 spiro atoms. The summed E-state index contributed by atoms with van der Waals surface area (Å²) in [5.41, 5.74) is 7.39. The third-order valence-corrected chi connectivity index (χ3v) is 5.94. The van der Waals surface area contributed by atoms with E-state index >= 15 is 0 Å². The molecule has 2 heterocycles. The Bertz CT molecular complexity index is 1240. The van der Waals surface area contributed by atoms with Gasteiger partial charge in [-0.3, -0.25) is 4.79 Å². The molecule has 0 aliphatic carbocycles. The Balaban J connectivity index is 1.54. The average molecular weight is 427 g/mol. The molecule has 164 valence electrons. The fourth-order valence-electron chi connectivity index (χ4n) is 4.04. The molecule has 5 heteroatoms. The molecular weight excluding hydrogens is 396 g/mol. The molecular formula is C27H30N4O. The molecule has 4 rings (SSSR count). The zero-order chi connectivity index (χ0) is 22.8. The summed E-state index contributed by atoms with van der Waals surface area (Å²) in [5, 5.41) is 8.72. The van der Waals surface area contributed by atoms with Crippen LogP contribution >= 0.6 is 0 Å². The van der Waals surface area contributed by atoms with E-state index in [0.717, 1.165) is 33.4 Å². The van der Waals surface area contributed by atoms with Crippen LogP contribution in [0.2, 0.25) is 0 Å². The molecule has 0 bridgehead atoms. The lowest BCUT2D eigenvalue weighted by Gasteiger charge is -2.16. The molecule has 0 radical (unpaired) electrons. The Hall–Kier alpha value is -3.47. The molecule has 1 N–H and O–H groups in total. The van der Waals surface area contributed by atoms with Crippen LogP contribution < -0.4 is 5.32 Å². The third kappa shape index (κ3) is 4.42. The fourth-order valence-corrected chi connectivity index (χ4v) is 4.04. The lowest BCUT2D eigenvalue weighted by Crippen LogP contribution is -2.30. The highest BCUT2D eigenvalue weighted by Crippen LogP contribution is 2.30. The van der Waals surface area contributed by atoms with Crippen LogP contribution in [0.15, 0.2) is 60.8 Å². The van der Waals surface area contributed by atoms with Gasteiger partial charge >= 0.3 is 0 Å². The van der Waals surface area contributed by atoms with Crippen LogP contribution in [0.5, 0.6) is 0 Å². The standard InChI is InChI=1S/C27H30N4O/c1-17(2)21-10-12-22(13-11-21)19(4)29-25(32)16-31-27-26(20(5)30-31)24(14-15-28-27)23-8-6-18(3)7-9-23/h6-15,17,19H,16H2,1-5H3,(H,29,32). The molecule has 0 saturated carbocycles. The normalized spacial score (nSPS) is 12.3. The first-order valence-corrected chi connectivity index (χ1v) is 11.1. The second kappa shape index (κ2) is 8.95. The number of aromatic nitrogens is 3. The van der Waals surface area contributed by atoms with Crippen molar-refractivity contribution in [1.29, 1.82) is 0 Å². The first-order chi connectivity index (χ1) is 15.3. The Morgan fingerprint density at radius 2 is 1.59 bits per heavy atom. The summed E-state index contributed by atoms with van der Waals surface area (Å²) in [5.74, 6) is 0.403. The van der Waals surface area contributed by atoms with Crippen LogP contribution in [0.25, 0.3) is 22.2 Å². The van der Waals surface area contributed by atoms with Crippen molar-refractivity contribution in [3.05, 3.63) is 83.2 Å². The van der Waals surface area contributed by atoms with Gasteiger partial charge in [0.2, 0.25) is 5.91 Å². The Morgan fingerprint density at radius 1 is 0.938 bits per heavy atom. The number of benzene rings is 2. The summed E-state index contributed by atoms with van der Waals surface area (Å²) in [7, 11) is 0. The van der Waals surface area contributed by atoms with Crippen LogP contribution in [-0.4, -0.2) is 20.7 Å². The molecule has 1 atom stereocenters. The molecule has 5 nitrogen and oxygen atoms in total. The quantitative estimate of drug-likeness (QED) is 0.429. The number of fused-ring (bicyclic) bond motifs is 1. The predicted octanol–water partition coefficient (Wildman–Crippen LogP) is 5.72. The van der Waals surface area contributed by atoms with Crippen molar-refractivity contribution in [2.45, 2.75) is 53.1 Å². The van der Waals surface area contributed by atoms with Gasteiger partial charge in [-0.15, -0.1) is 0 Å². The van der Waals surface area contributed by atoms with Crippen LogP contribution in [0.1, 0.15) is 55.1 Å². The van der Waals surface area contributed by atoms with Gasteiger partial charge < -0.3 is 5.32 Å². The molecule has 32 heavy (non-hydrogen) atoms. The Labute approximate surface area is 189 Å². The Morgan fingerprint density at radius 3 is 2.25 bits per heavy atom. The van der Waals surface area contributed by atoms with Crippen LogP contribution in [-0.2, 0) is 11.3 Å². The number of aryl methyl sites for hydroxylation is 2. The van der Waals surface area contributed by atoms with Gasteiger partial charge in [0.05, 0.1) is 11.7 Å². The number of rotatable bonds is 6. The number of pyridine rings is 1. The number of nitrogens with one attached hydrogen (secondary N) is 1. The summed E-state index contributed by atoms with van der Waals surface area (Å²) in [6, 6.07) is 18.8. The maximum atomic E-state index is 12.8. The van der Waals surface area contributed by atoms with E-state index in [4.69, 9.17) is 0 Å². The van der Waals surface area contributed by atoms with E-state index in [1.807, 2.05) is 19.9 Å². The minimum absolute atomic E-state index is 0.0808. The maximum absolute atomic E-state index is 12.8. The molecule has 0 fully saturated rings. The highest BCUT2D eigenvalue weighted by Gasteiger charge is 2.17. The minimum atomic E-state index is -0.0858. The lowest BCUT2D eigenvalue weighted by atomic mass is 9.99. The van der Waals surface area contributed by atoms with E-state index in [0.29, 0.717) is 5.92 Å². The topological polar surface area (TPSA) is 59.8 Å². The number of nitrogens with zero attached hydrogens (tertiary/aromatic N) is 3. The van der Waals surface area contributed by atoms with Crippen molar-refractivity contribution in [2.24, 2.45) is 0 Å².